The summed E-state index contributed by atoms with van der Waals surface area (Å²) in [6.07, 6.45) is 0. The van der Waals surface area contributed by atoms with Crippen molar-refractivity contribution in [1.29, 1.82) is 0 Å². The van der Waals surface area contributed by atoms with Crippen LogP contribution < -0.4 is 5.73 Å². The van der Waals surface area contributed by atoms with Gasteiger partial charge in [0.1, 0.15) is 11.5 Å². The SMILES string of the molecule is Cn1nnc(-c2cc(N)n[nH]2)n1. The summed E-state index contributed by atoms with van der Waals surface area (Å²) < 4.78 is 0. The molecule has 0 aliphatic heterocycles. The van der Waals surface area contributed by atoms with Crippen LogP contribution in [0.25, 0.3) is 11.5 Å². The zero-order valence-corrected chi connectivity index (χ0v) is 6.39. The number of rotatable bonds is 1. The Kier molecular flexibility index (Phi) is 1.29. The van der Waals surface area contributed by atoms with E-state index in [0.717, 1.165) is 0 Å². The maximum Gasteiger partial charge on any atom is 0.222 e. The first-order valence-corrected chi connectivity index (χ1v) is 3.31. The third-order valence-corrected chi connectivity index (χ3v) is 1.35. The number of anilines is 1. The second-order valence-corrected chi connectivity index (χ2v) is 2.31. The maximum atomic E-state index is 5.40. The summed E-state index contributed by atoms with van der Waals surface area (Å²) in [6, 6.07) is 1.65. The van der Waals surface area contributed by atoms with Gasteiger partial charge in [0.05, 0.1) is 7.05 Å². The normalized spacial score (nSPS) is 10.4. The predicted octanol–water partition coefficient (Wildman–Crippen LogP) is -0.818. The van der Waals surface area contributed by atoms with Crippen molar-refractivity contribution in [3.05, 3.63) is 6.07 Å². The third-order valence-electron chi connectivity index (χ3n) is 1.35. The molecule has 0 saturated carbocycles. The van der Waals surface area contributed by atoms with Crippen LogP contribution in [-0.2, 0) is 7.05 Å². The van der Waals surface area contributed by atoms with Gasteiger partial charge in [-0.3, -0.25) is 5.10 Å². The fraction of sp³-hybridized carbons (Fsp3) is 0.200. The van der Waals surface area contributed by atoms with Crippen LogP contribution in [0.2, 0.25) is 0 Å². The van der Waals surface area contributed by atoms with Gasteiger partial charge in [-0.2, -0.15) is 9.90 Å². The van der Waals surface area contributed by atoms with Crippen molar-refractivity contribution in [3.8, 4) is 11.5 Å². The van der Waals surface area contributed by atoms with E-state index in [1.807, 2.05) is 0 Å². The van der Waals surface area contributed by atoms with Gasteiger partial charge < -0.3 is 5.73 Å². The summed E-state index contributed by atoms with van der Waals surface area (Å²) in [5.41, 5.74) is 6.06. The Hall–Kier alpha value is -1.92. The van der Waals surface area contributed by atoms with E-state index >= 15 is 0 Å². The molecule has 0 bridgehead atoms. The molecule has 0 aromatic carbocycles. The Labute approximate surface area is 67.6 Å². The Morgan fingerprint density at radius 1 is 1.58 bits per heavy atom. The molecule has 0 fully saturated rings. The second-order valence-electron chi connectivity index (χ2n) is 2.31. The van der Waals surface area contributed by atoms with Crippen LogP contribution >= 0.6 is 0 Å². The number of nitrogen functional groups attached to an aromatic ring is 1. The van der Waals surface area contributed by atoms with Gasteiger partial charge in [0, 0.05) is 6.07 Å². The quantitative estimate of drug-likeness (QED) is 0.575. The van der Waals surface area contributed by atoms with E-state index in [0.29, 0.717) is 17.3 Å². The minimum atomic E-state index is 0.414. The van der Waals surface area contributed by atoms with E-state index in [9.17, 15) is 0 Å². The number of hydrogen-bond donors (Lipinski definition) is 2. The van der Waals surface area contributed by atoms with E-state index < -0.39 is 0 Å². The molecule has 2 heterocycles. The summed E-state index contributed by atoms with van der Waals surface area (Å²) >= 11 is 0. The van der Waals surface area contributed by atoms with Crippen LogP contribution in [-0.4, -0.2) is 30.4 Å². The van der Waals surface area contributed by atoms with Crippen LogP contribution in [0.15, 0.2) is 6.07 Å². The Bertz CT molecular complexity index is 348. The number of nitrogens with zero attached hydrogens (tertiary/aromatic N) is 5. The average Bonchev–Trinajstić information content (AvgIpc) is 2.58. The van der Waals surface area contributed by atoms with Crippen molar-refractivity contribution in [2.75, 3.05) is 5.73 Å². The number of aryl methyl sites for hydroxylation is 1. The second kappa shape index (κ2) is 2.29. The molecule has 3 N–H and O–H groups in total. The lowest BCUT2D eigenvalue weighted by Crippen LogP contribution is -1.91. The third kappa shape index (κ3) is 1.00. The molecule has 62 valence electrons. The number of nitrogens with one attached hydrogen (secondary N) is 1. The summed E-state index contributed by atoms with van der Waals surface area (Å²) in [7, 11) is 1.69. The highest BCUT2D eigenvalue weighted by atomic mass is 15.6. The molecule has 0 amide bonds. The first kappa shape index (κ1) is 6.77. The monoisotopic (exact) mass is 165 g/mol. The molecule has 7 heteroatoms. The lowest BCUT2D eigenvalue weighted by atomic mass is 10.4. The molecule has 0 unspecified atom stereocenters. The fourth-order valence-electron chi connectivity index (χ4n) is 0.844. The zero-order valence-electron chi connectivity index (χ0n) is 6.39. The number of hydrogen-bond acceptors (Lipinski definition) is 5. The Balaban J connectivity index is 2.43. The highest BCUT2D eigenvalue weighted by Gasteiger charge is 2.06. The van der Waals surface area contributed by atoms with Crippen molar-refractivity contribution in [1.82, 2.24) is 30.4 Å². The minimum Gasteiger partial charge on any atom is -0.382 e. The van der Waals surface area contributed by atoms with Crippen molar-refractivity contribution < 1.29 is 0 Å². The smallest absolute Gasteiger partial charge is 0.222 e. The van der Waals surface area contributed by atoms with Crippen LogP contribution in [0.4, 0.5) is 5.82 Å². The lowest BCUT2D eigenvalue weighted by molar-refractivity contribution is 0.630. The molecule has 0 atom stereocenters. The molecular formula is C5H7N7. The van der Waals surface area contributed by atoms with Gasteiger partial charge in [-0.15, -0.1) is 10.2 Å². The van der Waals surface area contributed by atoms with Gasteiger partial charge in [-0.05, 0) is 5.21 Å². The topological polar surface area (TPSA) is 98.3 Å². The minimum absolute atomic E-state index is 0.414. The fourth-order valence-corrected chi connectivity index (χ4v) is 0.844. The first-order chi connectivity index (χ1) is 5.75. The number of nitrogens with two attached hydrogens (primary N) is 1. The molecular weight excluding hydrogens is 158 g/mol. The molecule has 12 heavy (non-hydrogen) atoms. The van der Waals surface area contributed by atoms with Crippen molar-refractivity contribution in [2.24, 2.45) is 7.05 Å². The van der Waals surface area contributed by atoms with Crippen molar-refractivity contribution in [3.63, 3.8) is 0 Å². The molecule has 2 aromatic rings. The van der Waals surface area contributed by atoms with E-state index in [1.165, 1.54) is 4.80 Å². The molecule has 0 aliphatic carbocycles. The number of aromatic amines is 1. The number of tetrazole rings is 1. The average molecular weight is 165 g/mol. The molecule has 2 rings (SSSR count). The summed E-state index contributed by atoms with van der Waals surface area (Å²) in [5, 5.41) is 17.8. The van der Waals surface area contributed by atoms with Gasteiger partial charge in [0.25, 0.3) is 0 Å². The van der Waals surface area contributed by atoms with E-state index in [-0.39, 0.29) is 0 Å². The van der Waals surface area contributed by atoms with Crippen LogP contribution in [0, 0.1) is 0 Å². The van der Waals surface area contributed by atoms with E-state index in [4.69, 9.17) is 5.73 Å². The van der Waals surface area contributed by atoms with Gasteiger partial charge in [0.2, 0.25) is 5.82 Å². The lowest BCUT2D eigenvalue weighted by Gasteiger charge is -1.82. The first-order valence-electron chi connectivity index (χ1n) is 3.31. The number of H-pyrrole nitrogens is 1. The molecule has 0 saturated heterocycles. The van der Waals surface area contributed by atoms with Gasteiger partial charge in [0.15, 0.2) is 0 Å². The van der Waals surface area contributed by atoms with Crippen molar-refractivity contribution >= 4 is 5.82 Å². The van der Waals surface area contributed by atoms with Gasteiger partial charge in [-0.1, -0.05) is 0 Å². The summed E-state index contributed by atoms with van der Waals surface area (Å²) in [6.45, 7) is 0. The molecule has 7 nitrogen and oxygen atoms in total. The number of aromatic nitrogens is 6. The van der Waals surface area contributed by atoms with Crippen LogP contribution in [0.3, 0.4) is 0 Å². The molecule has 2 aromatic heterocycles. The zero-order chi connectivity index (χ0) is 8.55. The van der Waals surface area contributed by atoms with E-state index in [1.54, 1.807) is 13.1 Å². The molecule has 0 aliphatic rings. The molecule has 0 spiro atoms. The van der Waals surface area contributed by atoms with E-state index in [2.05, 4.69) is 25.6 Å². The maximum absolute atomic E-state index is 5.40. The Morgan fingerprint density at radius 2 is 2.42 bits per heavy atom. The Morgan fingerprint density at radius 3 is 2.92 bits per heavy atom. The van der Waals surface area contributed by atoms with Crippen LogP contribution in [0.5, 0.6) is 0 Å². The predicted molar refractivity (Wildman–Crippen MR) is 40.8 cm³/mol. The van der Waals surface area contributed by atoms with Crippen LogP contribution in [0.1, 0.15) is 0 Å². The highest BCUT2D eigenvalue weighted by molar-refractivity contribution is 5.52. The molecule has 0 radical (unpaired) electrons. The van der Waals surface area contributed by atoms with Gasteiger partial charge >= 0.3 is 0 Å². The summed E-state index contributed by atoms with van der Waals surface area (Å²) in [5.74, 6) is 0.902. The van der Waals surface area contributed by atoms with Crippen molar-refractivity contribution in [2.45, 2.75) is 0 Å². The standard InChI is InChI=1S/C5H7N7/c1-12-10-5(9-11-12)3-2-4(6)8-7-3/h2H,1H3,(H3,6,7,8). The summed E-state index contributed by atoms with van der Waals surface area (Å²) in [4.78, 5) is 1.37. The highest BCUT2D eigenvalue weighted by Crippen LogP contribution is 2.11. The van der Waals surface area contributed by atoms with Gasteiger partial charge in [-0.25, -0.2) is 0 Å². The largest absolute Gasteiger partial charge is 0.382 e.